The number of nitrogens with zero attached hydrogens (tertiary/aromatic N) is 3. The Hall–Kier alpha value is -2.62. The van der Waals surface area contributed by atoms with Gasteiger partial charge in [-0.05, 0) is 49.7 Å². The Morgan fingerprint density at radius 2 is 2.06 bits per heavy atom. The molecule has 0 radical (unpaired) electrons. The number of imidazole rings is 1. The zero-order valence-corrected chi connectivity index (χ0v) is 19.6. The van der Waals surface area contributed by atoms with Gasteiger partial charge in [0.05, 0.1) is 27.8 Å². The smallest absolute Gasteiger partial charge is 0.138 e. The van der Waals surface area contributed by atoms with Crippen LogP contribution in [-0.4, -0.2) is 79.9 Å². The second-order valence-corrected chi connectivity index (χ2v) is 10.1. The second kappa shape index (κ2) is 8.62. The van der Waals surface area contributed by atoms with E-state index in [1.807, 2.05) is 0 Å². The number of thiophene rings is 1. The van der Waals surface area contributed by atoms with Crippen LogP contribution in [0.25, 0.3) is 22.3 Å². The lowest BCUT2D eigenvalue weighted by molar-refractivity contribution is 0.217. The Morgan fingerprint density at radius 1 is 1.18 bits per heavy atom. The molecule has 6 rings (SSSR count). The summed E-state index contributed by atoms with van der Waals surface area (Å²) in [6.07, 6.45) is -0.148. The van der Waals surface area contributed by atoms with Crippen molar-refractivity contribution in [2.75, 3.05) is 63.1 Å². The van der Waals surface area contributed by atoms with Crippen molar-refractivity contribution in [1.82, 2.24) is 25.5 Å². The predicted molar refractivity (Wildman–Crippen MR) is 135 cm³/mol. The molecule has 1 unspecified atom stereocenters. The Balaban J connectivity index is 1.36. The van der Waals surface area contributed by atoms with Crippen LogP contribution >= 0.6 is 11.3 Å². The number of aromatic nitrogens is 2. The normalized spacial score (nSPS) is 24.1. The van der Waals surface area contributed by atoms with Gasteiger partial charge in [-0.3, -0.25) is 0 Å². The SMILES string of the molecule is CN1CCN(c2ccc3nc(C4=C(NC5CCNC[C@H]5F)c5ccsc5NC4)[nH]c3c2)CC1. The van der Waals surface area contributed by atoms with Crippen molar-refractivity contribution in [2.45, 2.75) is 18.6 Å². The minimum absolute atomic E-state index is 0.199. The molecule has 3 aliphatic rings. The third-order valence-corrected chi connectivity index (χ3v) is 7.89. The first-order valence-corrected chi connectivity index (χ1v) is 12.6. The van der Waals surface area contributed by atoms with E-state index >= 15 is 0 Å². The van der Waals surface area contributed by atoms with Crippen LogP contribution in [0, 0.1) is 0 Å². The third-order valence-electron chi connectivity index (χ3n) is 7.02. The number of halogens is 1. The van der Waals surface area contributed by atoms with E-state index in [9.17, 15) is 4.39 Å². The highest BCUT2D eigenvalue weighted by Gasteiger charge is 2.30. The fourth-order valence-electron chi connectivity index (χ4n) is 5.00. The van der Waals surface area contributed by atoms with Crippen LogP contribution < -0.4 is 20.9 Å². The van der Waals surface area contributed by atoms with E-state index in [2.05, 4.69) is 67.4 Å². The Bertz CT molecular complexity index is 1180. The maximum absolute atomic E-state index is 14.7. The predicted octanol–water partition coefficient (Wildman–Crippen LogP) is 2.96. The van der Waals surface area contributed by atoms with Gasteiger partial charge in [-0.15, -0.1) is 11.3 Å². The fraction of sp³-hybridized carbons (Fsp3) is 0.458. The van der Waals surface area contributed by atoms with Crippen LogP contribution in [0.5, 0.6) is 0 Å². The molecule has 0 saturated carbocycles. The largest absolute Gasteiger partial charge is 0.378 e. The van der Waals surface area contributed by atoms with Gasteiger partial charge in [0.2, 0.25) is 0 Å². The number of alkyl halides is 1. The van der Waals surface area contributed by atoms with E-state index in [1.54, 1.807) is 11.3 Å². The Labute approximate surface area is 197 Å². The minimum Gasteiger partial charge on any atom is -0.378 e. The molecule has 3 aliphatic heterocycles. The van der Waals surface area contributed by atoms with Gasteiger partial charge in [-0.1, -0.05) is 0 Å². The third kappa shape index (κ3) is 3.98. The molecule has 4 N–H and O–H groups in total. The van der Waals surface area contributed by atoms with Crippen LogP contribution in [0.15, 0.2) is 29.6 Å². The topological polar surface area (TPSA) is 71.2 Å². The monoisotopic (exact) mass is 467 g/mol. The molecule has 0 bridgehead atoms. The van der Waals surface area contributed by atoms with Crippen molar-refractivity contribution < 1.29 is 4.39 Å². The molecular formula is C24H30FN7S. The first-order chi connectivity index (χ1) is 16.2. The lowest BCUT2D eigenvalue weighted by Crippen LogP contribution is -2.48. The first kappa shape index (κ1) is 20.9. The molecule has 3 aromatic rings. The van der Waals surface area contributed by atoms with E-state index in [-0.39, 0.29) is 6.04 Å². The average molecular weight is 468 g/mol. The molecule has 33 heavy (non-hydrogen) atoms. The van der Waals surface area contributed by atoms with E-state index in [0.717, 1.165) is 77.8 Å². The number of rotatable bonds is 4. The van der Waals surface area contributed by atoms with Crippen LogP contribution in [0.4, 0.5) is 15.1 Å². The van der Waals surface area contributed by atoms with Crippen molar-refractivity contribution in [3.8, 4) is 0 Å². The number of hydrogen-bond donors (Lipinski definition) is 4. The summed E-state index contributed by atoms with van der Waals surface area (Å²) in [5, 5.41) is 13.4. The molecular weight excluding hydrogens is 437 g/mol. The number of H-pyrrole nitrogens is 1. The van der Waals surface area contributed by atoms with E-state index < -0.39 is 6.17 Å². The maximum atomic E-state index is 14.7. The standard InChI is InChI=1S/C24H30FN7S/c1-31-7-9-32(10-8-31)15-2-3-20-21(12-15)30-23(29-20)17-13-27-24-16(5-11-33-24)22(17)28-19-4-6-26-14-18(19)25/h2-3,5,11-12,18-19,26-28H,4,6-10,13-14H2,1H3,(H,29,30)/t18-,19?/m1/s1. The highest BCUT2D eigenvalue weighted by atomic mass is 32.1. The molecule has 2 fully saturated rings. The molecule has 0 aliphatic carbocycles. The van der Waals surface area contributed by atoms with Crippen molar-refractivity contribution >= 4 is 44.3 Å². The van der Waals surface area contributed by atoms with Gasteiger partial charge in [0.15, 0.2) is 0 Å². The van der Waals surface area contributed by atoms with Gasteiger partial charge in [-0.2, -0.15) is 0 Å². The Morgan fingerprint density at radius 3 is 2.91 bits per heavy atom. The minimum atomic E-state index is -0.911. The number of piperidine rings is 1. The lowest BCUT2D eigenvalue weighted by Gasteiger charge is -2.34. The van der Waals surface area contributed by atoms with Gasteiger partial charge in [0.25, 0.3) is 0 Å². The highest BCUT2D eigenvalue weighted by molar-refractivity contribution is 7.14. The Kier molecular flexibility index (Phi) is 5.48. The molecule has 0 amide bonds. The van der Waals surface area contributed by atoms with Gasteiger partial charge in [0, 0.05) is 56.1 Å². The molecule has 174 valence electrons. The summed E-state index contributed by atoms with van der Waals surface area (Å²) in [5.74, 6) is 0.844. The zero-order valence-electron chi connectivity index (χ0n) is 18.8. The number of piperazine rings is 1. The summed E-state index contributed by atoms with van der Waals surface area (Å²) in [4.78, 5) is 13.3. The lowest BCUT2D eigenvalue weighted by atomic mass is 9.99. The molecule has 0 spiro atoms. The van der Waals surface area contributed by atoms with Crippen LogP contribution in [0.1, 0.15) is 17.8 Å². The van der Waals surface area contributed by atoms with Gasteiger partial charge < -0.3 is 30.7 Å². The molecule has 7 nitrogen and oxygen atoms in total. The van der Waals surface area contributed by atoms with Crippen LogP contribution in [-0.2, 0) is 0 Å². The summed E-state index contributed by atoms with van der Waals surface area (Å²) < 4.78 is 14.7. The first-order valence-electron chi connectivity index (χ1n) is 11.8. The summed E-state index contributed by atoms with van der Waals surface area (Å²) in [6.45, 7) is 6.11. The van der Waals surface area contributed by atoms with E-state index in [1.165, 1.54) is 5.69 Å². The molecule has 2 atom stereocenters. The van der Waals surface area contributed by atoms with Crippen molar-refractivity contribution in [3.63, 3.8) is 0 Å². The number of anilines is 2. The van der Waals surface area contributed by atoms with Gasteiger partial charge >= 0.3 is 0 Å². The molecule has 1 aromatic carbocycles. The van der Waals surface area contributed by atoms with E-state index in [4.69, 9.17) is 4.98 Å². The van der Waals surface area contributed by atoms with Crippen molar-refractivity contribution in [2.24, 2.45) is 0 Å². The second-order valence-electron chi connectivity index (χ2n) is 9.21. The zero-order chi connectivity index (χ0) is 22.4. The average Bonchev–Trinajstić information content (AvgIpc) is 3.48. The van der Waals surface area contributed by atoms with E-state index in [0.29, 0.717) is 13.1 Å². The number of benzene rings is 1. The summed E-state index contributed by atoms with van der Waals surface area (Å²) in [6, 6.07) is 8.39. The van der Waals surface area contributed by atoms with Gasteiger partial charge in [-0.25, -0.2) is 9.37 Å². The summed E-state index contributed by atoms with van der Waals surface area (Å²) >= 11 is 1.68. The molecule has 2 aromatic heterocycles. The van der Waals surface area contributed by atoms with Crippen LogP contribution in [0.2, 0.25) is 0 Å². The number of fused-ring (bicyclic) bond motifs is 2. The summed E-state index contributed by atoms with van der Waals surface area (Å²) in [7, 11) is 2.17. The number of likely N-dealkylation sites (N-methyl/N-ethyl adjacent to an activating group) is 1. The number of aromatic amines is 1. The maximum Gasteiger partial charge on any atom is 0.138 e. The van der Waals surface area contributed by atoms with Crippen LogP contribution in [0.3, 0.4) is 0 Å². The van der Waals surface area contributed by atoms with Crippen molar-refractivity contribution in [1.29, 1.82) is 0 Å². The molecule has 2 saturated heterocycles. The number of hydrogen-bond acceptors (Lipinski definition) is 7. The quantitative estimate of drug-likeness (QED) is 0.473. The number of nitrogens with one attached hydrogen (secondary N) is 4. The fourth-order valence-corrected chi connectivity index (χ4v) is 5.79. The highest BCUT2D eigenvalue weighted by Crippen LogP contribution is 2.38. The molecule has 9 heteroatoms. The summed E-state index contributed by atoms with van der Waals surface area (Å²) in [5.41, 5.74) is 6.38. The molecule has 5 heterocycles. The van der Waals surface area contributed by atoms with Crippen molar-refractivity contribution in [3.05, 3.63) is 41.0 Å². The van der Waals surface area contributed by atoms with Gasteiger partial charge in [0.1, 0.15) is 12.0 Å².